The van der Waals surface area contributed by atoms with Gasteiger partial charge in [-0.1, -0.05) is 12.1 Å². The van der Waals surface area contributed by atoms with Gasteiger partial charge in [-0.2, -0.15) is 0 Å². The number of carbonyl (C=O) groups is 2. The van der Waals surface area contributed by atoms with Crippen LogP contribution in [-0.4, -0.2) is 68.4 Å². The van der Waals surface area contributed by atoms with E-state index in [1.165, 1.54) is 0 Å². The number of anilines is 2. The first-order valence-electron chi connectivity index (χ1n) is 10.00. The lowest BCUT2D eigenvalue weighted by molar-refractivity contribution is -0.117. The van der Waals surface area contributed by atoms with E-state index in [1.54, 1.807) is 0 Å². The number of nitrogens with one attached hydrogen (secondary N) is 1. The average molecular weight is 395 g/mol. The summed E-state index contributed by atoms with van der Waals surface area (Å²) in [6.45, 7) is 7.04. The molecule has 0 saturated carbocycles. The van der Waals surface area contributed by atoms with E-state index in [0.29, 0.717) is 38.3 Å². The van der Waals surface area contributed by atoms with Gasteiger partial charge in [-0.05, 0) is 55.3 Å². The molecular weight excluding hydrogens is 364 g/mol. The molecule has 0 aliphatic carbocycles. The Morgan fingerprint density at radius 2 is 1.62 bits per heavy atom. The molecule has 1 saturated heterocycles. The molecule has 29 heavy (non-hydrogen) atoms. The first-order chi connectivity index (χ1) is 13.8. The summed E-state index contributed by atoms with van der Waals surface area (Å²) in [6.07, 6.45) is 0. The van der Waals surface area contributed by atoms with Gasteiger partial charge in [0.1, 0.15) is 0 Å². The van der Waals surface area contributed by atoms with Crippen LogP contribution >= 0.6 is 0 Å². The van der Waals surface area contributed by atoms with E-state index < -0.39 is 0 Å². The maximum Gasteiger partial charge on any atom is 0.253 e. The Labute approximate surface area is 173 Å². The molecule has 2 amide bonds. The molecule has 1 aliphatic rings. The van der Waals surface area contributed by atoms with Crippen molar-refractivity contribution >= 4 is 23.2 Å². The minimum absolute atomic E-state index is 0.0160. The van der Waals surface area contributed by atoms with E-state index in [9.17, 15) is 9.59 Å². The summed E-state index contributed by atoms with van der Waals surface area (Å²) in [5, 5.41) is 3.01. The molecule has 1 fully saturated rings. The third-order valence-electron chi connectivity index (χ3n) is 5.54. The number of amides is 2. The topological polar surface area (TPSA) is 55.9 Å². The van der Waals surface area contributed by atoms with Crippen molar-refractivity contribution in [2.75, 3.05) is 57.0 Å². The molecule has 0 aromatic heterocycles. The number of hydrogen-bond acceptors (Lipinski definition) is 4. The van der Waals surface area contributed by atoms with Crippen LogP contribution in [0.4, 0.5) is 11.4 Å². The van der Waals surface area contributed by atoms with Gasteiger partial charge < -0.3 is 15.1 Å². The third kappa shape index (κ3) is 5.15. The zero-order valence-corrected chi connectivity index (χ0v) is 17.7. The highest BCUT2D eigenvalue weighted by molar-refractivity contribution is 5.95. The summed E-state index contributed by atoms with van der Waals surface area (Å²) in [5.74, 6) is 0.0348. The van der Waals surface area contributed by atoms with E-state index in [4.69, 9.17) is 0 Å². The van der Waals surface area contributed by atoms with E-state index in [0.717, 1.165) is 22.5 Å². The number of aryl methyl sites for hydroxylation is 1. The molecule has 2 aromatic rings. The van der Waals surface area contributed by atoms with Gasteiger partial charge >= 0.3 is 0 Å². The molecule has 1 N–H and O–H groups in total. The molecule has 1 heterocycles. The zero-order chi connectivity index (χ0) is 21.0. The van der Waals surface area contributed by atoms with Crippen molar-refractivity contribution in [3.63, 3.8) is 0 Å². The zero-order valence-electron chi connectivity index (χ0n) is 17.7. The van der Waals surface area contributed by atoms with Gasteiger partial charge in [0, 0.05) is 57.2 Å². The highest BCUT2D eigenvalue weighted by atomic mass is 16.2. The molecule has 3 rings (SSSR count). The summed E-state index contributed by atoms with van der Waals surface area (Å²) in [5.41, 5.74) is 4.90. The molecule has 1 aliphatic heterocycles. The summed E-state index contributed by atoms with van der Waals surface area (Å²) >= 11 is 0. The number of hydrogen-bond donors (Lipinski definition) is 1. The molecular formula is C23H30N4O2. The number of rotatable bonds is 5. The van der Waals surface area contributed by atoms with Gasteiger partial charge in [-0.3, -0.25) is 14.5 Å². The standard InChI is InChI=1S/C23H30N4O2/c1-17-6-5-7-21(18(17)2)24-22(28)16-26-12-14-27(15-13-26)23(29)19-8-10-20(11-9-19)25(3)4/h5-11H,12-16H2,1-4H3,(H,24,28). The highest BCUT2D eigenvalue weighted by Gasteiger charge is 2.23. The van der Waals surface area contributed by atoms with Crippen molar-refractivity contribution in [3.8, 4) is 0 Å². The smallest absolute Gasteiger partial charge is 0.253 e. The molecule has 0 atom stereocenters. The first kappa shape index (κ1) is 20.9. The Hall–Kier alpha value is -2.86. The van der Waals surface area contributed by atoms with Crippen LogP contribution in [0.5, 0.6) is 0 Å². The van der Waals surface area contributed by atoms with Gasteiger partial charge in [0.25, 0.3) is 5.91 Å². The largest absolute Gasteiger partial charge is 0.378 e. The van der Waals surface area contributed by atoms with Crippen LogP contribution in [0.15, 0.2) is 42.5 Å². The molecule has 0 bridgehead atoms. The molecule has 0 spiro atoms. The lowest BCUT2D eigenvalue weighted by Gasteiger charge is -2.34. The monoisotopic (exact) mass is 394 g/mol. The second-order valence-corrected chi connectivity index (χ2v) is 7.81. The average Bonchev–Trinajstić information content (AvgIpc) is 2.71. The minimum Gasteiger partial charge on any atom is -0.378 e. The first-order valence-corrected chi connectivity index (χ1v) is 10.00. The van der Waals surface area contributed by atoms with Gasteiger partial charge in [0.05, 0.1) is 6.54 Å². The fourth-order valence-electron chi connectivity index (χ4n) is 3.47. The summed E-state index contributed by atoms with van der Waals surface area (Å²) in [7, 11) is 3.96. The second kappa shape index (κ2) is 9.09. The van der Waals surface area contributed by atoms with E-state index in [2.05, 4.69) is 10.2 Å². The Balaban J connectivity index is 1.50. The summed E-state index contributed by atoms with van der Waals surface area (Å²) < 4.78 is 0. The van der Waals surface area contributed by atoms with Crippen LogP contribution in [0, 0.1) is 13.8 Å². The van der Waals surface area contributed by atoms with Crippen LogP contribution < -0.4 is 10.2 Å². The van der Waals surface area contributed by atoms with Crippen LogP contribution in [0.1, 0.15) is 21.5 Å². The molecule has 6 nitrogen and oxygen atoms in total. The second-order valence-electron chi connectivity index (χ2n) is 7.81. The van der Waals surface area contributed by atoms with Crippen molar-refractivity contribution in [3.05, 3.63) is 59.2 Å². The Bertz CT molecular complexity index is 869. The molecule has 0 unspecified atom stereocenters. The molecule has 2 aromatic carbocycles. The van der Waals surface area contributed by atoms with E-state index in [1.807, 2.05) is 80.2 Å². The van der Waals surface area contributed by atoms with E-state index in [-0.39, 0.29) is 11.8 Å². The Kier molecular flexibility index (Phi) is 6.54. The maximum absolute atomic E-state index is 12.7. The number of nitrogens with zero attached hydrogens (tertiary/aromatic N) is 3. The lowest BCUT2D eigenvalue weighted by atomic mass is 10.1. The summed E-state index contributed by atoms with van der Waals surface area (Å²) in [6, 6.07) is 13.6. The van der Waals surface area contributed by atoms with Crippen molar-refractivity contribution < 1.29 is 9.59 Å². The molecule has 0 radical (unpaired) electrons. The van der Waals surface area contributed by atoms with Gasteiger partial charge in [-0.15, -0.1) is 0 Å². The highest BCUT2D eigenvalue weighted by Crippen LogP contribution is 2.18. The quantitative estimate of drug-likeness (QED) is 0.847. The lowest BCUT2D eigenvalue weighted by Crippen LogP contribution is -2.50. The van der Waals surface area contributed by atoms with E-state index >= 15 is 0 Å². The Morgan fingerprint density at radius 3 is 2.24 bits per heavy atom. The predicted molar refractivity (Wildman–Crippen MR) is 118 cm³/mol. The van der Waals surface area contributed by atoms with Crippen LogP contribution in [-0.2, 0) is 4.79 Å². The summed E-state index contributed by atoms with van der Waals surface area (Å²) in [4.78, 5) is 31.1. The van der Waals surface area contributed by atoms with Crippen LogP contribution in [0.25, 0.3) is 0 Å². The van der Waals surface area contributed by atoms with Crippen LogP contribution in [0.3, 0.4) is 0 Å². The van der Waals surface area contributed by atoms with Crippen molar-refractivity contribution in [1.29, 1.82) is 0 Å². The van der Waals surface area contributed by atoms with Crippen molar-refractivity contribution in [2.24, 2.45) is 0 Å². The van der Waals surface area contributed by atoms with Gasteiger partial charge in [0.15, 0.2) is 0 Å². The Morgan fingerprint density at radius 1 is 0.966 bits per heavy atom. The predicted octanol–water partition coefficient (Wildman–Crippen LogP) is 2.77. The number of benzene rings is 2. The molecule has 6 heteroatoms. The third-order valence-corrected chi connectivity index (χ3v) is 5.54. The fraction of sp³-hybridized carbons (Fsp3) is 0.391. The maximum atomic E-state index is 12.7. The van der Waals surface area contributed by atoms with Gasteiger partial charge in [0.2, 0.25) is 5.91 Å². The van der Waals surface area contributed by atoms with Crippen molar-refractivity contribution in [2.45, 2.75) is 13.8 Å². The number of carbonyl (C=O) groups excluding carboxylic acids is 2. The SMILES string of the molecule is Cc1cccc(NC(=O)CN2CCN(C(=O)c3ccc(N(C)C)cc3)CC2)c1C. The normalized spacial score (nSPS) is 14.6. The fourth-order valence-corrected chi connectivity index (χ4v) is 3.47. The number of piperazine rings is 1. The van der Waals surface area contributed by atoms with Crippen LogP contribution in [0.2, 0.25) is 0 Å². The minimum atomic E-state index is -0.0160. The molecule has 154 valence electrons. The van der Waals surface area contributed by atoms with Crippen molar-refractivity contribution in [1.82, 2.24) is 9.80 Å². The van der Waals surface area contributed by atoms with Gasteiger partial charge in [-0.25, -0.2) is 0 Å².